The molecule has 0 unspecified atom stereocenters. The molecule has 0 radical (unpaired) electrons. The summed E-state index contributed by atoms with van der Waals surface area (Å²) in [5, 5.41) is 16.3. The Labute approximate surface area is 204 Å². The molecule has 3 amide bonds. The molecule has 3 aromatic rings. The zero-order valence-electron chi connectivity index (χ0n) is 18.9. The van der Waals surface area contributed by atoms with Gasteiger partial charge in [0.05, 0.1) is 23.3 Å². The van der Waals surface area contributed by atoms with Crippen molar-refractivity contribution in [2.45, 2.75) is 25.7 Å². The highest BCUT2D eigenvalue weighted by molar-refractivity contribution is 7.14. The number of aromatic nitrogens is 1. The molecule has 1 N–H and O–H groups in total. The number of ether oxygens (including phenoxy) is 1. The molecule has 2 aromatic carbocycles. The number of anilines is 1. The molecule has 35 heavy (non-hydrogen) atoms. The zero-order valence-corrected chi connectivity index (χ0v) is 19.7. The average Bonchev–Trinajstić information content (AvgIpc) is 3.41. The second kappa shape index (κ2) is 10.4. The Kier molecular flexibility index (Phi) is 7.16. The number of fused-ring (bicyclic) bond motifs is 1. The van der Waals surface area contributed by atoms with Crippen LogP contribution in [0, 0.1) is 10.1 Å². The van der Waals surface area contributed by atoms with Crippen molar-refractivity contribution < 1.29 is 24.0 Å². The second-order valence-corrected chi connectivity index (χ2v) is 8.67. The minimum absolute atomic E-state index is 0.0551. The van der Waals surface area contributed by atoms with Gasteiger partial charge in [-0.15, -0.1) is 11.3 Å². The highest BCUT2D eigenvalue weighted by Gasteiger charge is 2.40. The molecule has 0 fully saturated rings. The van der Waals surface area contributed by atoms with E-state index in [4.69, 9.17) is 4.74 Å². The van der Waals surface area contributed by atoms with Gasteiger partial charge in [-0.2, -0.15) is 0 Å². The lowest BCUT2D eigenvalue weighted by Gasteiger charge is -2.13. The molecular weight excluding hydrogens is 472 g/mol. The maximum atomic E-state index is 12.6. The number of imide groups is 1. The van der Waals surface area contributed by atoms with Crippen LogP contribution in [0.4, 0.5) is 10.8 Å². The number of hydrogen-bond acceptors (Lipinski definition) is 8. The lowest BCUT2D eigenvalue weighted by atomic mass is 10.1. The van der Waals surface area contributed by atoms with Crippen molar-refractivity contribution in [1.82, 2.24) is 9.88 Å². The largest absolute Gasteiger partial charge is 0.496 e. The van der Waals surface area contributed by atoms with Gasteiger partial charge in [0, 0.05) is 30.0 Å². The molecule has 1 aliphatic rings. The quantitative estimate of drug-likeness (QED) is 0.190. The van der Waals surface area contributed by atoms with E-state index in [2.05, 4.69) is 10.3 Å². The number of benzene rings is 2. The minimum Gasteiger partial charge on any atom is -0.496 e. The molecule has 4 rings (SSSR count). The zero-order chi connectivity index (χ0) is 24.9. The number of methoxy groups -OCH3 is 1. The van der Waals surface area contributed by atoms with Crippen LogP contribution in [0.15, 0.2) is 47.8 Å². The first-order chi connectivity index (χ1) is 16.9. The normalized spacial score (nSPS) is 12.5. The Balaban J connectivity index is 1.24. The molecule has 0 saturated heterocycles. The maximum Gasteiger partial charge on any atom is 0.282 e. The Morgan fingerprint density at radius 1 is 1.09 bits per heavy atom. The van der Waals surface area contributed by atoms with E-state index in [0.29, 0.717) is 35.8 Å². The number of nitro groups is 1. The van der Waals surface area contributed by atoms with Gasteiger partial charge in [-0.25, -0.2) is 4.98 Å². The first-order valence-electron chi connectivity index (χ1n) is 10.9. The third kappa shape index (κ3) is 5.04. The molecule has 1 aromatic heterocycles. The molecule has 0 atom stereocenters. The van der Waals surface area contributed by atoms with Crippen molar-refractivity contribution in [3.05, 3.63) is 69.1 Å². The van der Waals surface area contributed by atoms with Crippen LogP contribution >= 0.6 is 11.3 Å². The van der Waals surface area contributed by atoms with Gasteiger partial charge in [0.2, 0.25) is 5.91 Å². The molecule has 11 heteroatoms. The molecule has 1 aliphatic heterocycles. The summed E-state index contributed by atoms with van der Waals surface area (Å²) in [5.74, 6) is -0.656. The van der Waals surface area contributed by atoms with Gasteiger partial charge in [0.1, 0.15) is 11.3 Å². The van der Waals surface area contributed by atoms with Crippen LogP contribution in [0.1, 0.15) is 46.4 Å². The number of carbonyl (C=O) groups excluding carboxylic acids is 3. The summed E-state index contributed by atoms with van der Waals surface area (Å²) in [7, 11) is 1.59. The van der Waals surface area contributed by atoms with E-state index in [0.717, 1.165) is 10.5 Å². The summed E-state index contributed by atoms with van der Waals surface area (Å²) in [6, 6.07) is 11.5. The van der Waals surface area contributed by atoms with E-state index in [1.807, 2.05) is 29.6 Å². The molecule has 0 spiro atoms. The fourth-order valence-electron chi connectivity index (χ4n) is 3.90. The van der Waals surface area contributed by atoms with Crippen LogP contribution < -0.4 is 10.1 Å². The number of carbonyl (C=O) groups is 3. The van der Waals surface area contributed by atoms with Crippen LogP contribution in [-0.4, -0.2) is 46.2 Å². The van der Waals surface area contributed by atoms with Crippen molar-refractivity contribution in [3.63, 3.8) is 0 Å². The lowest BCUT2D eigenvalue weighted by Crippen LogP contribution is -2.30. The van der Waals surface area contributed by atoms with Crippen LogP contribution in [0.25, 0.3) is 11.3 Å². The summed E-state index contributed by atoms with van der Waals surface area (Å²) >= 11 is 1.32. The van der Waals surface area contributed by atoms with Gasteiger partial charge < -0.3 is 10.1 Å². The number of nitrogens with one attached hydrogen (secondary N) is 1. The first-order valence-corrected chi connectivity index (χ1v) is 11.8. The summed E-state index contributed by atoms with van der Waals surface area (Å²) < 4.78 is 5.35. The van der Waals surface area contributed by atoms with Gasteiger partial charge in [-0.05, 0) is 31.0 Å². The minimum atomic E-state index is -0.659. The van der Waals surface area contributed by atoms with Crippen LogP contribution in [0.2, 0.25) is 0 Å². The highest BCUT2D eigenvalue weighted by Crippen LogP contribution is 2.32. The van der Waals surface area contributed by atoms with Crippen molar-refractivity contribution in [1.29, 1.82) is 0 Å². The number of para-hydroxylation sites is 1. The monoisotopic (exact) mass is 494 g/mol. The third-order valence-corrected chi connectivity index (χ3v) is 6.35. The number of amides is 3. The fraction of sp³-hybridized carbons (Fsp3) is 0.250. The van der Waals surface area contributed by atoms with E-state index in [-0.39, 0.29) is 35.7 Å². The van der Waals surface area contributed by atoms with Gasteiger partial charge in [0.15, 0.2) is 5.13 Å². The summed E-state index contributed by atoms with van der Waals surface area (Å²) in [6.45, 7) is 0.139. The van der Waals surface area contributed by atoms with Crippen molar-refractivity contribution in [3.8, 4) is 17.0 Å². The molecule has 2 heterocycles. The van der Waals surface area contributed by atoms with Gasteiger partial charge in [-0.3, -0.25) is 29.4 Å². The van der Waals surface area contributed by atoms with Crippen LogP contribution in [0.3, 0.4) is 0 Å². The SMILES string of the molecule is COc1ccccc1-c1csc(NC(=O)CCCCCN2C(=O)c3cccc([N+](=O)[O-])c3C2=O)n1. The second-order valence-electron chi connectivity index (χ2n) is 7.82. The number of hydrogen-bond donors (Lipinski definition) is 1. The third-order valence-electron chi connectivity index (χ3n) is 5.59. The number of nitrogens with zero attached hydrogens (tertiary/aromatic N) is 3. The Morgan fingerprint density at radius 2 is 1.86 bits per heavy atom. The fourth-order valence-corrected chi connectivity index (χ4v) is 4.62. The molecule has 0 bridgehead atoms. The topological polar surface area (TPSA) is 132 Å². The molecule has 10 nitrogen and oxygen atoms in total. The Hall–Kier alpha value is -4.12. The van der Waals surface area contributed by atoms with Crippen molar-refractivity contribution in [2.75, 3.05) is 19.0 Å². The molecule has 180 valence electrons. The predicted octanol–water partition coefficient (Wildman–Crippen LogP) is 4.52. The Morgan fingerprint density at radius 3 is 2.63 bits per heavy atom. The summed E-state index contributed by atoms with van der Waals surface area (Å²) in [4.78, 5) is 53.4. The first kappa shape index (κ1) is 24.0. The number of rotatable bonds is 10. The van der Waals surface area contributed by atoms with E-state index in [9.17, 15) is 24.5 Å². The molecule has 0 aliphatic carbocycles. The van der Waals surface area contributed by atoms with Crippen molar-refractivity contribution in [2.24, 2.45) is 0 Å². The van der Waals surface area contributed by atoms with Gasteiger partial charge in [-0.1, -0.05) is 24.6 Å². The van der Waals surface area contributed by atoms with Crippen LogP contribution in [-0.2, 0) is 4.79 Å². The van der Waals surface area contributed by atoms with E-state index in [1.165, 1.54) is 29.5 Å². The average molecular weight is 495 g/mol. The Bertz CT molecular complexity index is 1300. The number of unbranched alkanes of at least 4 members (excludes halogenated alkanes) is 2. The van der Waals surface area contributed by atoms with Gasteiger partial charge >= 0.3 is 0 Å². The van der Waals surface area contributed by atoms with E-state index in [1.54, 1.807) is 7.11 Å². The van der Waals surface area contributed by atoms with E-state index < -0.39 is 16.7 Å². The highest BCUT2D eigenvalue weighted by atomic mass is 32.1. The smallest absolute Gasteiger partial charge is 0.282 e. The predicted molar refractivity (Wildman–Crippen MR) is 130 cm³/mol. The summed E-state index contributed by atoms with van der Waals surface area (Å²) in [5.41, 5.74) is 1.09. The lowest BCUT2D eigenvalue weighted by molar-refractivity contribution is -0.385. The van der Waals surface area contributed by atoms with Crippen molar-refractivity contribution >= 4 is 39.9 Å². The number of nitro benzene ring substituents is 1. The van der Waals surface area contributed by atoms with E-state index >= 15 is 0 Å². The van der Waals surface area contributed by atoms with Gasteiger partial charge in [0.25, 0.3) is 17.5 Å². The molecule has 0 saturated carbocycles. The maximum absolute atomic E-state index is 12.6. The molecular formula is C24H22N4O6S. The number of thiazole rings is 1. The van der Waals surface area contributed by atoms with Crippen LogP contribution in [0.5, 0.6) is 5.75 Å². The standard InChI is InChI=1S/C24H22N4O6S/c1-34-19-11-5-4-8-15(19)17-14-35-24(25-17)26-20(29)12-3-2-6-13-27-22(30)16-9-7-10-18(28(32)33)21(16)23(27)31/h4-5,7-11,14H,2-3,6,12-13H2,1H3,(H,25,26,29). The summed E-state index contributed by atoms with van der Waals surface area (Å²) in [6.07, 6.45) is 1.91.